The minimum Gasteiger partial charge on any atom is -0.480 e. The summed E-state index contributed by atoms with van der Waals surface area (Å²) in [6, 6.07) is 6.89. The van der Waals surface area contributed by atoms with Crippen molar-refractivity contribution in [2.45, 2.75) is 27.2 Å². The molecular formula is C16H22N2O3. The van der Waals surface area contributed by atoms with Gasteiger partial charge < -0.3 is 10.4 Å². The summed E-state index contributed by atoms with van der Waals surface area (Å²) >= 11 is 0. The number of carboxylic acid groups (broad SMARTS) is 1. The Bertz CT molecular complexity index is 537. The van der Waals surface area contributed by atoms with Gasteiger partial charge >= 0.3 is 12.0 Å². The van der Waals surface area contributed by atoms with Crippen molar-refractivity contribution in [2.75, 3.05) is 18.0 Å². The Morgan fingerprint density at radius 3 is 2.38 bits per heavy atom. The molecule has 2 rings (SSSR count). The first-order valence-electron chi connectivity index (χ1n) is 7.13. The van der Waals surface area contributed by atoms with Crippen molar-refractivity contribution in [3.8, 4) is 0 Å². The zero-order valence-corrected chi connectivity index (χ0v) is 12.7. The van der Waals surface area contributed by atoms with Crippen LogP contribution < -0.4 is 10.2 Å². The molecule has 2 amide bonds. The van der Waals surface area contributed by atoms with Gasteiger partial charge in [-0.2, -0.15) is 0 Å². The van der Waals surface area contributed by atoms with Gasteiger partial charge in [0, 0.05) is 12.2 Å². The van der Waals surface area contributed by atoms with E-state index in [1.807, 2.05) is 19.1 Å². The molecule has 1 aromatic rings. The molecule has 1 atom stereocenters. The zero-order valence-electron chi connectivity index (χ0n) is 12.7. The first-order chi connectivity index (χ1) is 9.79. The van der Waals surface area contributed by atoms with Crippen molar-refractivity contribution in [3.05, 3.63) is 29.8 Å². The lowest BCUT2D eigenvalue weighted by Crippen LogP contribution is -2.43. The van der Waals surface area contributed by atoms with Crippen LogP contribution in [0.5, 0.6) is 0 Å². The first-order valence-corrected chi connectivity index (χ1v) is 7.13. The summed E-state index contributed by atoms with van der Waals surface area (Å²) in [6.45, 7) is 6.52. The Morgan fingerprint density at radius 1 is 1.33 bits per heavy atom. The standard InChI is InChI=1S/C16H22N2O3/c1-11-4-6-13(7-5-11)18(10-14(19)20)15(21)17-9-12-8-16(12,2)3/h4-7,12H,8-10H2,1-3H3,(H,17,21)(H,19,20). The van der Waals surface area contributed by atoms with Crippen LogP contribution in [0.25, 0.3) is 0 Å². The third kappa shape index (κ3) is 3.97. The average Bonchev–Trinajstić information content (AvgIpc) is 3.02. The molecule has 5 nitrogen and oxygen atoms in total. The van der Waals surface area contributed by atoms with Crippen LogP contribution in [0.2, 0.25) is 0 Å². The van der Waals surface area contributed by atoms with Crippen LogP contribution in [0.15, 0.2) is 24.3 Å². The molecule has 0 spiro atoms. The van der Waals surface area contributed by atoms with E-state index < -0.39 is 5.97 Å². The second-order valence-electron chi connectivity index (χ2n) is 6.39. The smallest absolute Gasteiger partial charge is 0.323 e. The summed E-state index contributed by atoms with van der Waals surface area (Å²) in [4.78, 5) is 24.5. The van der Waals surface area contributed by atoms with Gasteiger partial charge in [-0.05, 0) is 36.8 Å². The molecule has 0 bridgehead atoms. The van der Waals surface area contributed by atoms with Crippen LogP contribution in [0.1, 0.15) is 25.8 Å². The SMILES string of the molecule is Cc1ccc(N(CC(=O)O)C(=O)NCC2CC2(C)C)cc1. The number of carbonyl (C=O) groups is 2. The normalized spacial score (nSPS) is 18.9. The van der Waals surface area contributed by atoms with Crippen molar-refractivity contribution < 1.29 is 14.7 Å². The van der Waals surface area contributed by atoms with Crippen LogP contribution in [0.4, 0.5) is 10.5 Å². The monoisotopic (exact) mass is 290 g/mol. The van der Waals surface area contributed by atoms with Gasteiger partial charge in [-0.1, -0.05) is 31.5 Å². The highest BCUT2D eigenvalue weighted by Crippen LogP contribution is 2.50. The Morgan fingerprint density at radius 2 is 1.90 bits per heavy atom. The summed E-state index contributed by atoms with van der Waals surface area (Å²) in [5.74, 6) is -0.552. The molecule has 0 aliphatic heterocycles. The molecule has 1 aromatic carbocycles. The molecule has 0 heterocycles. The Kier molecular flexibility index (Phi) is 4.21. The summed E-state index contributed by atoms with van der Waals surface area (Å²) in [7, 11) is 0. The van der Waals surface area contributed by atoms with Crippen LogP contribution in [0, 0.1) is 18.3 Å². The maximum absolute atomic E-state index is 12.3. The number of nitrogens with zero attached hydrogens (tertiary/aromatic N) is 1. The van der Waals surface area contributed by atoms with E-state index in [-0.39, 0.29) is 18.0 Å². The van der Waals surface area contributed by atoms with Crippen molar-refractivity contribution in [3.63, 3.8) is 0 Å². The predicted molar refractivity (Wildman–Crippen MR) is 81.4 cm³/mol. The van der Waals surface area contributed by atoms with Crippen LogP contribution >= 0.6 is 0 Å². The molecule has 1 aliphatic rings. The highest BCUT2D eigenvalue weighted by molar-refractivity contribution is 5.96. The molecule has 1 fully saturated rings. The molecule has 0 saturated heterocycles. The predicted octanol–water partition coefficient (Wildman–Crippen LogP) is 2.64. The Hall–Kier alpha value is -2.04. The number of amides is 2. The van der Waals surface area contributed by atoms with E-state index in [4.69, 9.17) is 5.11 Å². The minimum atomic E-state index is -1.03. The lowest BCUT2D eigenvalue weighted by Gasteiger charge is -2.21. The van der Waals surface area contributed by atoms with Crippen molar-refractivity contribution in [1.29, 1.82) is 0 Å². The molecule has 1 unspecified atom stereocenters. The molecule has 0 aromatic heterocycles. The van der Waals surface area contributed by atoms with E-state index in [0.717, 1.165) is 12.0 Å². The maximum atomic E-state index is 12.3. The number of benzene rings is 1. The largest absolute Gasteiger partial charge is 0.480 e. The van der Waals surface area contributed by atoms with Crippen molar-refractivity contribution in [2.24, 2.45) is 11.3 Å². The number of rotatable bonds is 5. The molecule has 1 saturated carbocycles. The molecule has 0 radical (unpaired) electrons. The van der Waals surface area contributed by atoms with E-state index in [2.05, 4.69) is 19.2 Å². The molecule has 2 N–H and O–H groups in total. The number of nitrogens with one attached hydrogen (secondary N) is 1. The third-order valence-electron chi connectivity index (χ3n) is 4.10. The second-order valence-corrected chi connectivity index (χ2v) is 6.39. The molecule has 114 valence electrons. The van der Waals surface area contributed by atoms with Crippen LogP contribution in [-0.4, -0.2) is 30.2 Å². The van der Waals surface area contributed by atoms with Crippen molar-refractivity contribution >= 4 is 17.7 Å². The number of carboxylic acids is 1. The fraction of sp³-hybridized carbons (Fsp3) is 0.500. The number of aryl methyl sites for hydroxylation is 1. The number of urea groups is 1. The number of aliphatic carboxylic acids is 1. The van der Waals surface area contributed by atoms with Gasteiger partial charge in [-0.15, -0.1) is 0 Å². The molecule has 1 aliphatic carbocycles. The number of hydrogen-bond donors (Lipinski definition) is 2. The number of anilines is 1. The van der Waals surface area contributed by atoms with Crippen LogP contribution in [-0.2, 0) is 4.79 Å². The van der Waals surface area contributed by atoms with Gasteiger partial charge in [0.25, 0.3) is 0 Å². The second kappa shape index (κ2) is 5.76. The van der Waals surface area contributed by atoms with E-state index in [9.17, 15) is 9.59 Å². The highest BCUT2D eigenvalue weighted by atomic mass is 16.4. The first kappa shape index (κ1) is 15.4. The fourth-order valence-electron chi connectivity index (χ4n) is 2.37. The quantitative estimate of drug-likeness (QED) is 0.876. The van der Waals surface area contributed by atoms with Gasteiger partial charge in [0.15, 0.2) is 0 Å². The highest BCUT2D eigenvalue weighted by Gasteiger charge is 2.45. The number of carbonyl (C=O) groups excluding carboxylic acids is 1. The number of hydrogen-bond acceptors (Lipinski definition) is 2. The average molecular weight is 290 g/mol. The Labute approximate surface area is 125 Å². The topological polar surface area (TPSA) is 69.6 Å². The van der Waals surface area contributed by atoms with Gasteiger partial charge in [0.2, 0.25) is 0 Å². The summed E-state index contributed by atoms with van der Waals surface area (Å²) in [5, 5.41) is 11.8. The van der Waals surface area contributed by atoms with Crippen molar-refractivity contribution in [1.82, 2.24) is 5.32 Å². The van der Waals surface area contributed by atoms with Gasteiger partial charge in [-0.3, -0.25) is 9.69 Å². The van der Waals surface area contributed by atoms with Crippen LogP contribution in [0.3, 0.4) is 0 Å². The van der Waals surface area contributed by atoms with E-state index >= 15 is 0 Å². The lowest BCUT2D eigenvalue weighted by molar-refractivity contribution is -0.135. The zero-order chi connectivity index (χ0) is 15.6. The van der Waals surface area contributed by atoms with Gasteiger partial charge in [0.1, 0.15) is 6.54 Å². The summed E-state index contributed by atoms with van der Waals surface area (Å²) < 4.78 is 0. The molecule has 5 heteroatoms. The summed E-state index contributed by atoms with van der Waals surface area (Å²) in [5.41, 5.74) is 1.94. The van der Waals surface area contributed by atoms with E-state index in [0.29, 0.717) is 18.2 Å². The fourth-order valence-corrected chi connectivity index (χ4v) is 2.37. The third-order valence-corrected chi connectivity index (χ3v) is 4.10. The summed E-state index contributed by atoms with van der Waals surface area (Å²) in [6.07, 6.45) is 1.09. The minimum absolute atomic E-state index is 0.286. The molecule has 21 heavy (non-hydrogen) atoms. The van der Waals surface area contributed by atoms with Gasteiger partial charge in [-0.25, -0.2) is 4.79 Å². The maximum Gasteiger partial charge on any atom is 0.323 e. The van der Waals surface area contributed by atoms with E-state index in [1.165, 1.54) is 4.90 Å². The molecular weight excluding hydrogens is 268 g/mol. The van der Waals surface area contributed by atoms with E-state index in [1.54, 1.807) is 12.1 Å². The lowest BCUT2D eigenvalue weighted by atomic mass is 10.1. The van der Waals surface area contributed by atoms with Gasteiger partial charge in [0.05, 0.1) is 0 Å². The Balaban J connectivity index is 2.03.